The van der Waals surface area contributed by atoms with Crippen molar-refractivity contribution in [1.29, 1.82) is 0 Å². The Labute approximate surface area is 195 Å². The van der Waals surface area contributed by atoms with E-state index in [2.05, 4.69) is 4.98 Å². The van der Waals surface area contributed by atoms with Gasteiger partial charge in [0.25, 0.3) is 11.6 Å². The number of benzene rings is 3. The summed E-state index contributed by atoms with van der Waals surface area (Å²) in [5, 5.41) is 13.0. The van der Waals surface area contributed by atoms with Gasteiger partial charge in [-0.15, -0.1) is 11.3 Å². The van der Waals surface area contributed by atoms with E-state index in [0.717, 1.165) is 20.5 Å². The van der Waals surface area contributed by atoms with Crippen LogP contribution in [-0.4, -0.2) is 15.8 Å². The first-order chi connectivity index (χ1) is 15.5. The van der Waals surface area contributed by atoms with Crippen molar-refractivity contribution in [3.05, 3.63) is 98.4 Å². The monoisotopic (exact) mass is 479 g/mol. The van der Waals surface area contributed by atoms with Crippen LogP contribution in [0.5, 0.6) is 0 Å². The van der Waals surface area contributed by atoms with Gasteiger partial charge in [-0.1, -0.05) is 53.3 Å². The maximum Gasteiger partial charge on any atom is 0.270 e. The number of aromatic nitrogens is 1. The molecule has 0 radical (unpaired) electrons. The zero-order valence-corrected chi connectivity index (χ0v) is 18.8. The van der Waals surface area contributed by atoms with Crippen molar-refractivity contribution in [2.24, 2.45) is 0 Å². The number of thiophene rings is 1. The fraction of sp³-hybridized carbons (Fsp3) is 0.0435. The van der Waals surface area contributed by atoms with Crippen molar-refractivity contribution in [2.75, 3.05) is 4.90 Å². The van der Waals surface area contributed by atoms with Gasteiger partial charge >= 0.3 is 0 Å². The zero-order chi connectivity index (χ0) is 22.2. The third-order valence-corrected chi connectivity index (χ3v) is 7.30. The number of fused-ring (bicyclic) bond motifs is 2. The molecule has 0 unspecified atom stereocenters. The number of thiazole rings is 1. The third-order valence-electron chi connectivity index (χ3n) is 4.92. The number of nitro groups is 1. The van der Waals surface area contributed by atoms with Gasteiger partial charge in [-0.05, 0) is 35.9 Å². The van der Waals surface area contributed by atoms with Crippen molar-refractivity contribution in [1.82, 2.24) is 4.98 Å². The lowest BCUT2D eigenvalue weighted by atomic mass is 10.2. The van der Waals surface area contributed by atoms with Gasteiger partial charge in [-0.25, -0.2) is 4.98 Å². The average molecular weight is 480 g/mol. The second-order valence-electron chi connectivity index (χ2n) is 7.08. The van der Waals surface area contributed by atoms with E-state index in [9.17, 15) is 14.9 Å². The molecule has 5 aromatic rings. The van der Waals surface area contributed by atoms with E-state index in [-0.39, 0.29) is 11.6 Å². The number of carbonyl (C=O) groups excluding carboxylic acids is 1. The Balaban J connectivity index is 1.58. The summed E-state index contributed by atoms with van der Waals surface area (Å²) in [5.41, 5.74) is 1.74. The molecule has 6 nitrogen and oxygen atoms in total. The van der Waals surface area contributed by atoms with Crippen LogP contribution in [-0.2, 0) is 6.54 Å². The van der Waals surface area contributed by atoms with Crippen molar-refractivity contribution >= 4 is 71.3 Å². The Morgan fingerprint density at radius 1 is 1.00 bits per heavy atom. The van der Waals surface area contributed by atoms with Crippen LogP contribution in [0.2, 0.25) is 5.02 Å². The number of nitrogens with zero attached hydrogens (tertiary/aromatic N) is 3. The molecule has 3 aromatic carbocycles. The molecule has 0 atom stereocenters. The highest BCUT2D eigenvalue weighted by molar-refractivity contribution is 7.23. The summed E-state index contributed by atoms with van der Waals surface area (Å²) in [4.78, 5) is 31.1. The lowest BCUT2D eigenvalue weighted by Gasteiger charge is -2.19. The van der Waals surface area contributed by atoms with Crippen LogP contribution < -0.4 is 4.90 Å². The first-order valence-corrected chi connectivity index (χ1v) is 11.6. The van der Waals surface area contributed by atoms with E-state index in [0.29, 0.717) is 27.0 Å². The Hall–Kier alpha value is -3.33. The van der Waals surface area contributed by atoms with E-state index in [1.807, 2.05) is 42.5 Å². The van der Waals surface area contributed by atoms with E-state index in [1.165, 1.54) is 34.8 Å². The number of halogens is 1. The number of amides is 1. The van der Waals surface area contributed by atoms with E-state index in [4.69, 9.17) is 11.6 Å². The van der Waals surface area contributed by atoms with Gasteiger partial charge in [0.05, 0.1) is 26.6 Å². The van der Waals surface area contributed by atoms with Gasteiger partial charge in [0.2, 0.25) is 0 Å². The SMILES string of the molecule is O=C(c1cc2cc([N+](=O)[O-])ccc2s1)N(Cc1ccccc1)c1nc2ccc(Cl)cc2s1. The summed E-state index contributed by atoms with van der Waals surface area (Å²) in [6, 6.07) is 21.5. The Morgan fingerprint density at radius 3 is 2.59 bits per heavy atom. The highest BCUT2D eigenvalue weighted by atomic mass is 35.5. The number of hydrogen-bond acceptors (Lipinski definition) is 6. The van der Waals surface area contributed by atoms with Crippen molar-refractivity contribution in [2.45, 2.75) is 6.54 Å². The zero-order valence-electron chi connectivity index (χ0n) is 16.4. The molecule has 158 valence electrons. The summed E-state index contributed by atoms with van der Waals surface area (Å²) in [7, 11) is 0. The molecule has 9 heteroatoms. The smallest absolute Gasteiger partial charge is 0.270 e. The Morgan fingerprint density at radius 2 is 1.81 bits per heavy atom. The summed E-state index contributed by atoms with van der Waals surface area (Å²) < 4.78 is 1.71. The van der Waals surface area contributed by atoms with Gasteiger partial charge < -0.3 is 0 Å². The molecular formula is C23H14ClN3O3S2. The number of hydrogen-bond donors (Lipinski definition) is 0. The molecule has 0 spiro atoms. The molecule has 0 aliphatic carbocycles. The second kappa shape index (κ2) is 8.31. The second-order valence-corrected chi connectivity index (χ2v) is 9.60. The molecular weight excluding hydrogens is 466 g/mol. The van der Waals surface area contributed by atoms with Crippen LogP contribution in [0.1, 0.15) is 15.2 Å². The van der Waals surface area contributed by atoms with Gasteiger partial charge in [0.1, 0.15) is 0 Å². The van der Waals surface area contributed by atoms with Crippen LogP contribution in [0.3, 0.4) is 0 Å². The minimum Gasteiger partial charge on any atom is -0.279 e. The lowest BCUT2D eigenvalue weighted by molar-refractivity contribution is -0.384. The maximum absolute atomic E-state index is 13.6. The van der Waals surface area contributed by atoms with E-state index < -0.39 is 4.92 Å². The predicted molar refractivity (Wildman–Crippen MR) is 130 cm³/mol. The third kappa shape index (κ3) is 3.95. The minimum absolute atomic E-state index is 0.00140. The number of non-ortho nitro benzene ring substituents is 1. The van der Waals surface area contributed by atoms with Gasteiger partial charge in [-0.2, -0.15) is 0 Å². The summed E-state index contributed by atoms with van der Waals surface area (Å²) in [5.74, 6) is -0.206. The number of carbonyl (C=O) groups is 1. The summed E-state index contributed by atoms with van der Waals surface area (Å²) >= 11 is 8.84. The summed E-state index contributed by atoms with van der Waals surface area (Å²) in [6.07, 6.45) is 0. The molecule has 0 aliphatic heterocycles. The molecule has 1 amide bonds. The molecule has 5 rings (SSSR count). The molecule has 0 N–H and O–H groups in total. The van der Waals surface area contributed by atoms with E-state index in [1.54, 1.807) is 23.1 Å². The van der Waals surface area contributed by atoms with Crippen molar-refractivity contribution < 1.29 is 9.72 Å². The number of rotatable bonds is 5. The molecule has 32 heavy (non-hydrogen) atoms. The normalized spacial score (nSPS) is 11.2. The molecule has 0 saturated heterocycles. The van der Waals surface area contributed by atoms with Crippen LogP contribution in [0.4, 0.5) is 10.8 Å². The van der Waals surface area contributed by atoms with Gasteiger partial charge in [0, 0.05) is 27.2 Å². The minimum atomic E-state index is -0.438. The summed E-state index contributed by atoms with van der Waals surface area (Å²) in [6.45, 7) is 0.349. The van der Waals surface area contributed by atoms with Crippen LogP contribution >= 0.6 is 34.3 Å². The van der Waals surface area contributed by atoms with Gasteiger partial charge in [-0.3, -0.25) is 19.8 Å². The number of nitro benzene ring substituents is 1. The molecule has 0 fully saturated rings. The van der Waals surface area contributed by atoms with Crippen molar-refractivity contribution in [3.8, 4) is 0 Å². The van der Waals surface area contributed by atoms with Crippen LogP contribution in [0.25, 0.3) is 20.3 Å². The molecule has 0 aliphatic rings. The first kappa shape index (κ1) is 20.6. The Bertz CT molecular complexity index is 1480. The fourth-order valence-corrected chi connectivity index (χ4v) is 5.61. The van der Waals surface area contributed by atoms with Crippen molar-refractivity contribution in [3.63, 3.8) is 0 Å². The molecule has 2 heterocycles. The molecule has 0 bridgehead atoms. The Kier molecular flexibility index (Phi) is 5.34. The molecule has 0 saturated carbocycles. The van der Waals surface area contributed by atoms with Gasteiger partial charge in [0.15, 0.2) is 5.13 Å². The first-order valence-electron chi connectivity index (χ1n) is 9.58. The number of anilines is 1. The molecule has 2 aromatic heterocycles. The fourth-order valence-electron chi connectivity index (χ4n) is 3.38. The predicted octanol–water partition coefficient (Wildman–Crippen LogP) is 6.92. The topological polar surface area (TPSA) is 76.3 Å². The maximum atomic E-state index is 13.6. The largest absolute Gasteiger partial charge is 0.279 e. The van der Waals surface area contributed by atoms with E-state index >= 15 is 0 Å². The highest BCUT2D eigenvalue weighted by Crippen LogP contribution is 2.35. The van der Waals surface area contributed by atoms with Crippen LogP contribution in [0.15, 0.2) is 72.8 Å². The quantitative estimate of drug-likeness (QED) is 0.202. The highest BCUT2D eigenvalue weighted by Gasteiger charge is 2.24. The average Bonchev–Trinajstić information content (AvgIpc) is 3.40. The van der Waals surface area contributed by atoms with Crippen LogP contribution in [0, 0.1) is 10.1 Å². The lowest BCUT2D eigenvalue weighted by Crippen LogP contribution is -2.29. The standard InChI is InChI=1S/C23H14ClN3O3S2/c24-16-6-8-18-20(12-16)32-23(25-18)26(13-14-4-2-1-3-5-14)22(28)21-11-15-10-17(27(29)30)7-9-19(15)31-21/h1-12H,13H2.